The lowest BCUT2D eigenvalue weighted by Gasteiger charge is -2.06. The Balaban J connectivity index is 1.93. The summed E-state index contributed by atoms with van der Waals surface area (Å²) in [7, 11) is 0. The van der Waals surface area contributed by atoms with Crippen LogP contribution in [0.3, 0.4) is 0 Å². The first-order valence-corrected chi connectivity index (χ1v) is 5.62. The van der Waals surface area contributed by atoms with Crippen molar-refractivity contribution in [2.24, 2.45) is 0 Å². The van der Waals surface area contributed by atoms with Crippen LogP contribution in [0.4, 0.5) is 0 Å². The Morgan fingerprint density at radius 1 is 1.53 bits per heavy atom. The van der Waals surface area contributed by atoms with E-state index in [2.05, 4.69) is 6.92 Å². The molecule has 2 atom stereocenters. The second kappa shape index (κ2) is 3.20. The van der Waals surface area contributed by atoms with E-state index in [1.54, 1.807) is 0 Å². The van der Waals surface area contributed by atoms with Crippen molar-refractivity contribution in [3.8, 4) is 0 Å². The van der Waals surface area contributed by atoms with Gasteiger partial charge >= 0.3 is 5.97 Å². The average molecular weight is 206 g/mol. The van der Waals surface area contributed by atoms with E-state index in [4.69, 9.17) is 9.47 Å². The van der Waals surface area contributed by atoms with E-state index in [-0.39, 0.29) is 12.1 Å². The topological polar surface area (TPSA) is 38.8 Å². The molecule has 3 aliphatic rings. The minimum Gasteiger partial charge on any atom is -0.423 e. The minimum atomic E-state index is -0.181. The summed E-state index contributed by atoms with van der Waals surface area (Å²) in [5, 5.41) is 0. The van der Waals surface area contributed by atoms with E-state index >= 15 is 0 Å². The maximum Gasteiger partial charge on any atom is 0.342 e. The molecule has 80 valence electrons. The van der Waals surface area contributed by atoms with Gasteiger partial charge < -0.3 is 9.47 Å². The number of hydrogen-bond donors (Lipinski definition) is 0. The third kappa shape index (κ3) is 1.34. The highest BCUT2D eigenvalue weighted by Gasteiger charge is 2.52. The Labute approximate surface area is 88.7 Å². The first kappa shape index (κ1) is 9.16. The van der Waals surface area contributed by atoms with Gasteiger partial charge in [0.2, 0.25) is 0 Å². The molecule has 2 unspecified atom stereocenters. The molecule has 2 heterocycles. The Hall–Kier alpha value is -1.09. The number of rotatable bonds is 2. The SMILES string of the molecule is CCC/C=C1\OC(=O)C2=C1CCC1OC21. The van der Waals surface area contributed by atoms with Crippen molar-refractivity contribution in [3.63, 3.8) is 0 Å². The minimum absolute atomic E-state index is 0.0498. The van der Waals surface area contributed by atoms with Gasteiger partial charge in [0.15, 0.2) is 0 Å². The molecule has 1 saturated heterocycles. The van der Waals surface area contributed by atoms with Crippen molar-refractivity contribution in [2.45, 2.75) is 44.8 Å². The molecule has 0 N–H and O–H groups in total. The van der Waals surface area contributed by atoms with Crippen LogP contribution in [0.25, 0.3) is 0 Å². The molecular formula is C12H14O3. The monoisotopic (exact) mass is 206 g/mol. The molecule has 1 aliphatic carbocycles. The van der Waals surface area contributed by atoms with Gasteiger partial charge in [-0.25, -0.2) is 4.79 Å². The van der Waals surface area contributed by atoms with Crippen molar-refractivity contribution in [1.82, 2.24) is 0 Å². The van der Waals surface area contributed by atoms with E-state index in [0.29, 0.717) is 6.10 Å². The molecule has 0 saturated carbocycles. The highest BCUT2D eigenvalue weighted by Crippen LogP contribution is 2.46. The fourth-order valence-electron chi connectivity index (χ4n) is 2.36. The summed E-state index contributed by atoms with van der Waals surface area (Å²) in [6.07, 6.45) is 6.38. The predicted octanol–water partition coefficient (Wildman–Crippen LogP) is 2.08. The highest BCUT2D eigenvalue weighted by atomic mass is 16.6. The van der Waals surface area contributed by atoms with Gasteiger partial charge in [0.25, 0.3) is 0 Å². The van der Waals surface area contributed by atoms with Gasteiger partial charge in [-0.1, -0.05) is 13.3 Å². The number of cyclic esters (lactones) is 1. The van der Waals surface area contributed by atoms with E-state index in [9.17, 15) is 4.79 Å². The molecule has 15 heavy (non-hydrogen) atoms. The van der Waals surface area contributed by atoms with E-state index in [0.717, 1.165) is 42.6 Å². The molecule has 0 aromatic heterocycles. The third-order valence-corrected chi connectivity index (χ3v) is 3.21. The second-order valence-electron chi connectivity index (χ2n) is 4.27. The van der Waals surface area contributed by atoms with Crippen LogP contribution < -0.4 is 0 Å². The summed E-state index contributed by atoms with van der Waals surface area (Å²) < 4.78 is 10.7. The first-order valence-electron chi connectivity index (χ1n) is 5.62. The zero-order chi connectivity index (χ0) is 10.4. The van der Waals surface area contributed by atoms with Crippen LogP contribution in [0.2, 0.25) is 0 Å². The predicted molar refractivity (Wildman–Crippen MR) is 54.0 cm³/mol. The lowest BCUT2D eigenvalue weighted by Crippen LogP contribution is -2.11. The number of epoxide rings is 1. The Bertz CT molecular complexity index is 378. The standard InChI is InChI=1S/C12H14O3/c1-2-3-4-8-7-5-6-9-11(14-9)10(7)12(13)15-8/h4,9,11H,2-3,5-6H2,1H3/b8-4-. The molecule has 0 spiro atoms. The van der Waals surface area contributed by atoms with Crippen molar-refractivity contribution >= 4 is 5.97 Å². The van der Waals surface area contributed by atoms with Gasteiger partial charge in [0.05, 0.1) is 11.7 Å². The van der Waals surface area contributed by atoms with Crippen LogP contribution >= 0.6 is 0 Å². The van der Waals surface area contributed by atoms with Crippen LogP contribution in [0, 0.1) is 0 Å². The molecule has 3 rings (SSSR count). The average Bonchev–Trinajstić information content (AvgIpc) is 2.95. The molecule has 1 fully saturated rings. The number of ether oxygens (including phenoxy) is 2. The quantitative estimate of drug-likeness (QED) is 0.513. The normalized spacial score (nSPS) is 35.3. The van der Waals surface area contributed by atoms with E-state index in [1.165, 1.54) is 0 Å². The summed E-state index contributed by atoms with van der Waals surface area (Å²) in [5.74, 6) is 0.616. The zero-order valence-corrected chi connectivity index (χ0v) is 8.79. The Kier molecular flexibility index (Phi) is 1.96. The van der Waals surface area contributed by atoms with Crippen molar-refractivity contribution in [2.75, 3.05) is 0 Å². The van der Waals surface area contributed by atoms with Crippen LogP contribution in [0.1, 0.15) is 32.6 Å². The molecule has 0 aromatic carbocycles. The van der Waals surface area contributed by atoms with Crippen LogP contribution in [0.15, 0.2) is 23.0 Å². The fourth-order valence-corrected chi connectivity index (χ4v) is 2.36. The molecular weight excluding hydrogens is 192 g/mol. The summed E-state index contributed by atoms with van der Waals surface area (Å²) in [4.78, 5) is 11.6. The van der Waals surface area contributed by atoms with Crippen molar-refractivity contribution in [3.05, 3.63) is 23.0 Å². The number of carbonyl (C=O) groups excluding carboxylic acids is 1. The smallest absolute Gasteiger partial charge is 0.342 e. The number of carbonyl (C=O) groups is 1. The van der Waals surface area contributed by atoms with Crippen LogP contribution in [-0.2, 0) is 14.3 Å². The lowest BCUT2D eigenvalue weighted by molar-refractivity contribution is -0.133. The van der Waals surface area contributed by atoms with Gasteiger partial charge in [-0.2, -0.15) is 0 Å². The summed E-state index contributed by atoms with van der Waals surface area (Å²) in [5.41, 5.74) is 1.90. The number of allylic oxidation sites excluding steroid dienone is 2. The van der Waals surface area contributed by atoms with E-state index < -0.39 is 0 Å². The number of esters is 1. The first-order chi connectivity index (χ1) is 7.31. The maximum atomic E-state index is 11.6. The zero-order valence-electron chi connectivity index (χ0n) is 8.79. The van der Waals surface area contributed by atoms with Gasteiger partial charge in [0.1, 0.15) is 11.9 Å². The molecule has 3 heteroatoms. The van der Waals surface area contributed by atoms with Crippen LogP contribution in [-0.4, -0.2) is 18.2 Å². The molecule has 0 aromatic rings. The summed E-state index contributed by atoms with van der Waals surface area (Å²) >= 11 is 0. The fraction of sp³-hybridized carbons (Fsp3) is 0.583. The van der Waals surface area contributed by atoms with Gasteiger partial charge in [0, 0.05) is 5.57 Å². The van der Waals surface area contributed by atoms with Crippen molar-refractivity contribution < 1.29 is 14.3 Å². The van der Waals surface area contributed by atoms with Gasteiger partial charge in [-0.15, -0.1) is 0 Å². The molecule has 2 aliphatic heterocycles. The number of unbranched alkanes of at least 4 members (excludes halogenated alkanes) is 1. The Morgan fingerprint density at radius 3 is 3.20 bits per heavy atom. The molecule has 0 bridgehead atoms. The molecule has 0 radical (unpaired) electrons. The molecule has 3 nitrogen and oxygen atoms in total. The van der Waals surface area contributed by atoms with E-state index in [1.807, 2.05) is 6.08 Å². The largest absolute Gasteiger partial charge is 0.423 e. The Morgan fingerprint density at radius 2 is 2.40 bits per heavy atom. The number of hydrogen-bond acceptors (Lipinski definition) is 3. The van der Waals surface area contributed by atoms with Crippen molar-refractivity contribution in [1.29, 1.82) is 0 Å². The second-order valence-corrected chi connectivity index (χ2v) is 4.27. The summed E-state index contributed by atoms with van der Waals surface area (Å²) in [6.45, 7) is 2.12. The van der Waals surface area contributed by atoms with Gasteiger partial charge in [-0.3, -0.25) is 0 Å². The third-order valence-electron chi connectivity index (χ3n) is 3.21. The lowest BCUT2D eigenvalue weighted by atomic mass is 9.92. The number of fused-ring (bicyclic) bond motifs is 2. The molecule has 0 amide bonds. The van der Waals surface area contributed by atoms with Gasteiger partial charge in [-0.05, 0) is 25.3 Å². The summed E-state index contributed by atoms with van der Waals surface area (Å²) in [6, 6.07) is 0. The maximum absolute atomic E-state index is 11.6. The van der Waals surface area contributed by atoms with Crippen LogP contribution in [0.5, 0.6) is 0 Å². The highest BCUT2D eigenvalue weighted by molar-refractivity contribution is 5.96.